The summed E-state index contributed by atoms with van der Waals surface area (Å²) in [5.41, 5.74) is 5.98. The molecular formula is C29H27NO2S. The Bertz CT molecular complexity index is 1320. The number of sulfone groups is 1. The van der Waals surface area contributed by atoms with E-state index < -0.39 is 9.84 Å². The number of hydrogen-bond donors (Lipinski definition) is 0. The predicted octanol–water partition coefficient (Wildman–Crippen LogP) is 6.01. The lowest BCUT2D eigenvalue weighted by Gasteiger charge is -2.36. The van der Waals surface area contributed by atoms with Gasteiger partial charge in [0.25, 0.3) is 0 Å². The Kier molecular flexibility index (Phi) is 6.01. The maximum absolute atomic E-state index is 13.1. The Hall–Kier alpha value is -3.37. The molecule has 0 amide bonds. The minimum atomic E-state index is -3.35. The summed E-state index contributed by atoms with van der Waals surface area (Å²) in [5, 5.41) is 0. The van der Waals surface area contributed by atoms with E-state index in [1.807, 2.05) is 30.3 Å². The summed E-state index contributed by atoms with van der Waals surface area (Å²) < 4.78 is 26.3. The van der Waals surface area contributed by atoms with Crippen LogP contribution in [0.3, 0.4) is 0 Å². The number of anilines is 1. The highest BCUT2D eigenvalue weighted by Crippen LogP contribution is 2.35. The van der Waals surface area contributed by atoms with E-state index in [-0.39, 0.29) is 11.7 Å². The Morgan fingerprint density at radius 1 is 0.727 bits per heavy atom. The van der Waals surface area contributed by atoms with Crippen molar-refractivity contribution in [2.75, 3.05) is 17.2 Å². The third kappa shape index (κ3) is 4.86. The highest BCUT2D eigenvalue weighted by atomic mass is 32.2. The first kappa shape index (κ1) is 21.5. The van der Waals surface area contributed by atoms with Crippen LogP contribution in [0.25, 0.3) is 11.1 Å². The molecule has 1 heterocycles. The number of rotatable bonds is 6. The van der Waals surface area contributed by atoms with E-state index in [9.17, 15) is 8.42 Å². The predicted molar refractivity (Wildman–Crippen MR) is 135 cm³/mol. The Balaban J connectivity index is 1.48. The first-order valence-electron chi connectivity index (χ1n) is 11.3. The molecule has 166 valence electrons. The maximum atomic E-state index is 13.1. The molecule has 0 bridgehead atoms. The molecular weight excluding hydrogens is 426 g/mol. The van der Waals surface area contributed by atoms with Crippen LogP contribution in [-0.2, 0) is 22.8 Å². The molecule has 4 aromatic carbocycles. The summed E-state index contributed by atoms with van der Waals surface area (Å²) >= 11 is 0. The summed E-state index contributed by atoms with van der Waals surface area (Å²) in [6.45, 7) is 1.49. The van der Waals surface area contributed by atoms with Gasteiger partial charge in [0, 0.05) is 18.8 Å². The minimum absolute atomic E-state index is 0.0254. The summed E-state index contributed by atoms with van der Waals surface area (Å²) in [5.74, 6) is 0.176. The average molecular weight is 454 g/mol. The van der Waals surface area contributed by atoms with Crippen molar-refractivity contribution in [2.45, 2.75) is 17.9 Å². The van der Waals surface area contributed by atoms with E-state index in [0.717, 1.165) is 19.5 Å². The van der Waals surface area contributed by atoms with E-state index in [1.54, 1.807) is 24.3 Å². The van der Waals surface area contributed by atoms with Gasteiger partial charge in [-0.3, -0.25) is 0 Å². The van der Waals surface area contributed by atoms with Crippen LogP contribution in [0, 0.1) is 5.92 Å². The number of benzene rings is 4. The second-order valence-electron chi connectivity index (χ2n) is 8.74. The van der Waals surface area contributed by atoms with Crippen LogP contribution in [0.4, 0.5) is 5.69 Å². The first-order chi connectivity index (χ1) is 16.1. The quantitative estimate of drug-likeness (QED) is 0.359. The van der Waals surface area contributed by atoms with Crippen molar-refractivity contribution in [1.29, 1.82) is 0 Å². The van der Waals surface area contributed by atoms with Crippen LogP contribution < -0.4 is 4.90 Å². The molecule has 0 saturated heterocycles. The van der Waals surface area contributed by atoms with Crippen LogP contribution in [0.15, 0.2) is 114 Å². The van der Waals surface area contributed by atoms with Gasteiger partial charge < -0.3 is 4.90 Å². The van der Waals surface area contributed by atoms with Gasteiger partial charge in [-0.25, -0.2) is 8.42 Å². The first-order valence-corrected chi connectivity index (χ1v) is 13.0. The van der Waals surface area contributed by atoms with E-state index in [2.05, 4.69) is 59.5 Å². The molecule has 1 aliphatic rings. The van der Waals surface area contributed by atoms with Crippen LogP contribution in [0.2, 0.25) is 0 Å². The second-order valence-corrected chi connectivity index (χ2v) is 10.8. The fourth-order valence-corrected chi connectivity index (χ4v) is 6.36. The Morgan fingerprint density at radius 2 is 1.36 bits per heavy atom. The fraction of sp³-hybridized carbons (Fsp3) is 0.172. The molecule has 33 heavy (non-hydrogen) atoms. The SMILES string of the molecule is O=S(=O)(CC1Cc2cc(-c3ccccc3)ccc2N(Cc2ccccc2)C1)c1ccccc1. The van der Waals surface area contributed by atoms with Crippen molar-refractivity contribution in [1.82, 2.24) is 0 Å². The minimum Gasteiger partial charge on any atom is -0.367 e. The van der Waals surface area contributed by atoms with Crippen LogP contribution in [-0.4, -0.2) is 20.7 Å². The third-order valence-corrected chi connectivity index (χ3v) is 8.19. The zero-order valence-corrected chi connectivity index (χ0v) is 19.3. The summed E-state index contributed by atoms with van der Waals surface area (Å²) in [7, 11) is -3.35. The third-order valence-electron chi connectivity index (χ3n) is 6.29. The summed E-state index contributed by atoms with van der Waals surface area (Å²) in [4.78, 5) is 2.75. The van der Waals surface area contributed by atoms with Gasteiger partial charge in [0.15, 0.2) is 9.84 Å². The number of nitrogens with zero attached hydrogens (tertiary/aromatic N) is 1. The number of fused-ring (bicyclic) bond motifs is 1. The topological polar surface area (TPSA) is 37.4 Å². The molecule has 1 atom stereocenters. The molecule has 0 saturated carbocycles. The average Bonchev–Trinajstić information content (AvgIpc) is 2.85. The molecule has 5 rings (SSSR count). The zero-order valence-electron chi connectivity index (χ0n) is 18.5. The number of hydrogen-bond acceptors (Lipinski definition) is 3. The van der Waals surface area contributed by atoms with Gasteiger partial charge >= 0.3 is 0 Å². The van der Waals surface area contributed by atoms with E-state index in [1.165, 1.54) is 27.9 Å². The molecule has 3 nitrogen and oxygen atoms in total. The van der Waals surface area contributed by atoms with Crippen LogP contribution >= 0.6 is 0 Å². The molecule has 4 aromatic rings. The second kappa shape index (κ2) is 9.24. The molecule has 1 unspecified atom stereocenters. The Labute approximate surface area is 196 Å². The fourth-order valence-electron chi connectivity index (χ4n) is 4.75. The molecule has 0 fully saturated rings. The van der Waals surface area contributed by atoms with Crippen molar-refractivity contribution >= 4 is 15.5 Å². The normalized spacial score (nSPS) is 15.8. The van der Waals surface area contributed by atoms with Crippen molar-refractivity contribution in [3.05, 3.63) is 120 Å². The standard InChI is InChI=1S/C29H27NO2S/c31-33(32,28-14-8-3-9-15-28)22-24-18-27-19-26(25-12-6-2-7-13-25)16-17-29(27)30(21-24)20-23-10-4-1-5-11-23/h1-17,19,24H,18,20-22H2. The molecule has 0 spiro atoms. The van der Waals surface area contributed by atoms with E-state index in [4.69, 9.17) is 0 Å². The lowest BCUT2D eigenvalue weighted by atomic mass is 9.90. The summed E-state index contributed by atoms with van der Waals surface area (Å²) in [6.07, 6.45) is 0.757. The van der Waals surface area contributed by atoms with Gasteiger partial charge in [0.05, 0.1) is 10.6 Å². The highest BCUT2D eigenvalue weighted by Gasteiger charge is 2.29. The van der Waals surface area contributed by atoms with Crippen LogP contribution in [0.1, 0.15) is 11.1 Å². The lowest BCUT2D eigenvalue weighted by molar-refractivity contribution is 0.516. The molecule has 0 aromatic heterocycles. The van der Waals surface area contributed by atoms with Crippen molar-refractivity contribution in [3.63, 3.8) is 0 Å². The van der Waals surface area contributed by atoms with Gasteiger partial charge in [-0.2, -0.15) is 0 Å². The smallest absolute Gasteiger partial charge is 0.178 e. The molecule has 0 aliphatic carbocycles. The van der Waals surface area contributed by atoms with Gasteiger partial charge in [-0.05, 0) is 58.9 Å². The van der Waals surface area contributed by atoms with E-state index in [0.29, 0.717) is 4.90 Å². The molecule has 1 aliphatic heterocycles. The molecule has 4 heteroatoms. The van der Waals surface area contributed by atoms with Crippen LogP contribution in [0.5, 0.6) is 0 Å². The lowest BCUT2D eigenvalue weighted by Crippen LogP contribution is -2.38. The Morgan fingerprint density at radius 3 is 2.06 bits per heavy atom. The molecule has 0 radical (unpaired) electrons. The van der Waals surface area contributed by atoms with Gasteiger partial charge in [-0.1, -0.05) is 84.9 Å². The van der Waals surface area contributed by atoms with E-state index >= 15 is 0 Å². The van der Waals surface area contributed by atoms with Gasteiger partial charge in [-0.15, -0.1) is 0 Å². The zero-order chi connectivity index (χ0) is 22.7. The van der Waals surface area contributed by atoms with Gasteiger partial charge in [0.1, 0.15) is 0 Å². The van der Waals surface area contributed by atoms with Crippen molar-refractivity contribution in [3.8, 4) is 11.1 Å². The van der Waals surface area contributed by atoms with Crippen molar-refractivity contribution in [2.24, 2.45) is 5.92 Å². The maximum Gasteiger partial charge on any atom is 0.178 e. The summed E-state index contributed by atoms with van der Waals surface area (Å²) in [6, 6.07) is 36.2. The monoisotopic (exact) mass is 453 g/mol. The largest absolute Gasteiger partial charge is 0.367 e. The van der Waals surface area contributed by atoms with Crippen molar-refractivity contribution < 1.29 is 8.42 Å². The highest BCUT2D eigenvalue weighted by molar-refractivity contribution is 7.91. The van der Waals surface area contributed by atoms with Gasteiger partial charge in [0.2, 0.25) is 0 Å². The molecule has 0 N–H and O–H groups in total.